The summed E-state index contributed by atoms with van der Waals surface area (Å²) in [6, 6.07) is 16.8. The third-order valence-electron chi connectivity index (χ3n) is 5.41. The van der Waals surface area contributed by atoms with Gasteiger partial charge in [-0.3, -0.25) is 4.79 Å². The summed E-state index contributed by atoms with van der Waals surface area (Å²) < 4.78 is 5.14. The van der Waals surface area contributed by atoms with Crippen molar-refractivity contribution in [1.82, 2.24) is 9.88 Å². The highest BCUT2D eigenvalue weighted by Gasteiger charge is 2.29. The van der Waals surface area contributed by atoms with Gasteiger partial charge in [-0.15, -0.1) is 0 Å². The highest BCUT2D eigenvalue weighted by molar-refractivity contribution is 6.30. The van der Waals surface area contributed by atoms with E-state index in [4.69, 9.17) is 21.3 Å². The van der Waals surface area contributed by atoms with E-state index in [0.717, 1.165) is 35.0 Å². The number of hydrogen-bond acceptors (Lipinski definition) is 4. The number of halogens is 1. The van der Waals surface area contributed by atoms with Gasteiger partial charge in [0.15, 0.2) is 0 Å². The SMILES string of the molecule is CCOC(=O)[C@@H]1CCCN(C(=O)Nc2cc(-c3cccc(Cl)c3)nc3ccccc23)C1. The summed E-state index contributed by atoms with van der Waals surface area (Å²) in [6.07, 6.45) is 1.50. The van der Waals surface area contributed by atoms with Gasteiger partial charge in [-0.05, 0) is 44.0 Å². The van der Waals surface area contributed by atoms with E-state index < -0.39 is 0 Å². The van der Waals surface area contributed by atoms with Crippen molar-refractivity contribution in [2.24, 2.45) is 5.92 Å². The summed E-state index contributed by atoms with van der Waals surface area (Å²) >= 11 is 6.16. The predicted molar refractivity (Wildman–Crippen MR) is 122 cm³/mol. The molecule has 4 rings (SSSR count). The standard InChI is InChI=1S/C24H24ClN3O3/c1-2-31-23(29)17-8-6-12-28(15-17)24(30)27-22-14-21(16-7-5-9-18(25)13-16)26-20-11-4-3-10-19(20)22/h3-5,7,9-11,13-14,17H,2,6,8,12,15H2,1H3,(H,26,27,30)/t17-/m1/s1. The molecule has 0 saturated carbocycles. The molecule has 160 valence electrons. The van der Waals surface area contributed by atoms with Crippen LogP contribution in [0, 0.1) is 5.92 Å². The maximum atomic E-state index is 13.1. The fourth-order valence-corrected chi connectivity index (χ4v) is 4.07. The lowest BCUT2D eigenvalue weighted by atomic mass is 9.98. The first-order valence-electron chi connectivity index (χ1n) is 10.4. The highest BCUT2D eigenvalue weighted by atomic mass is 35.5. The zero-order valence-electron chi connectivity index (χ0n) is 17.3. The molecule has 1 fully saturated rings. The number of hydrogen-bond donors (Lipinski definition) is 1. The zero-order chi connectivity index (χ0) is 21.8. The fraction of sp³-hybridized carbons (Fsp3) is 0.292. The number of nitrogens with zero attached hydrogens (tertiary/aromatic N) is 2. The Labute approximate surface area is 186 Å². The van der Waals surface area contributed by atoms with E-state index >= 15 is 0 Å². The molecule has 2 aromatic carbocycles. The van der Waals surface area contributed by atoms with Crippen molar-refractivity contribution < 1.29 is 14.3 Å². The molecule has 1 aliphatic rings. The third kappa shape index (κ3) is 4.80. The summed E-state index contributed by atoms with van der Waals surface area (Å²) in [4.78, 5) is 31.6. The maximum Gasteiger partial charge on any atom is 0.321 e. The lowest BCUT2D eigenvalue weighted by Gasteiger charge is -2.31. The molecule has 1 atom stereocenters. The number of carbonyl (C=O) groups is 2. The average molecular weight is 438 g/mol. The molecule has 31 heavy (non-hydrogen) atoms. The normalized spacial score (nSPS) is 16.2. The number of pyridine rings is 1. The first-order chi connectivity index (χ1) is 15.0. The van der Waals surface area contributed by atoms with E-state index in [0.29, 0.717) is 30.4 Å². The maximum absolute atomic E-state index is 13.1. The Balaban J connectivity index is 1.61. The third-order valence-corrected chi connectivity index (χ3v) is 5.64. The molecule has 3 aromatic rings. The van der Waals surface area contributed by atoms with E-state index in [2.05, 4.69) is 5.32 Å². The van der Waals surface area contributed by atoms with Gasteiger partial charge in [-0.2, -0.15) is 0 Å². The molecule has 0 bridgehead atoms. The largest absolute Gasteiger partial charge is 0.466 e. The average Bonchev–Trinajstić information content (AvgIpc) is 2.79. The number of fused-ring (bicyclic) bond motifs is 1. The van der Waals surface area contributed by atoms with Crippen LogP contribution in [0.3, 0.4) is 0 Å². The van der Waals surface area contributed by atoms with E-state index in [9.17, 15) is 9.59 Å². The Morgan fingerprint density at radius 1 is 1.19 bits per heavy atom. The van der Waals surface area contributed by atoms with Crippen LogP contribution in [0.4, 0.5) is 10.5 Å². The summed E-state index contributed by atoms with van der Waals surface area (Å²) in [5.41, 5.74) is 3.04. The number of rotatable bonds is 4. The number of anilines is 1. The van der Waals surface area contributed by atoms with E-state index in [1.807, 2.05) is 54.6 Å². The van der Waals surface area contributed by atoms with Gasteiger partial charge >= 0.3 is 12.0 Å². The molecule has 0 spiro atoms. The van der Waals surface area contributed by atoms with E-state index in [1.165, 1.54) is 0 Å². The molecule has 0 radical (unpaired) electrons. The topological polar surface area (TPSA) is 71.5 Å². The van der Waals surface area contributed by atoms with Gasteiger partial charge in [0.05, 0.1) is 29.4 Å². The summed E-state index contributed by atoms with van der Waals surface area (Å²) in [7, 11) is 0. The molecule has 2 heterocycles. The number of benzene rings is 2. The predicted octanol–water partition coefficient (Wildman–Crippen LogP) is 5.36. The van der Waals surface area contributed by atoms with Gasteiger partial charge in [0.2, 0.25) is 0 Å². The molecular formula is C24H24ClN3O3. The minimum Gasteiger partial charge on any atom is -0.466 e. The molecule has 1 aromatic heterocycles. The van der Waals surface area contributed by atoms with E-state index in [-0.39, 0.29) is 17.9 Å². The Morgan fingerprint density at radius 3 is 2.84 bits per heavy atom. The first-order valence-corrected chi connectivity index (χ1v) is 10.8. The van der Waals surface area contributed by atoms with Crippen LogP contribution in [0.1, 0.15) is 19.8 Å². The van der Waals surface area contributed by atoms with Gasteiger partial charge in [0.25, 0.3) is 0 Å². The van der Waals surface area contributed by atoms with Crippen LogP contribution in [0.25, 0.3) is 22.2 Å². The Kier molecular flexibility index (Phi) is 6.37. The van der Waals surface area contributed by atoms with Crippen molar-refractivity contribution >= 4 is 40.2 Å². The number of esters is 1. The van der Waals surface area contributed by atoms with Crippen molar-refractivity contribution in [1.29, 1.82) is 0 Å². The number of likely N-dealkylation sites (tertiary alicyclic amines) is 1. The minimum absolute atomic E-state index is 0.234. The number of para-hydroxylation sites is 1. The number of urea groups is 1. The minimum atomic E-state index is -0.282. The van der Waals surface area contributed by atoms with Crippen LogP contribution in [-0.2, 0) is 9.53 Å². The van der Waals surface area contributed by atoms with Crippen LogP contribution >= 0.6 is 11.6 Å². The van der Waals surface area contributed by atoms with Gasteiger partial charge < -0.3 is 15.0 Å². The van der Waals surface area contributed by atoms with Crippen molar-refractivity contribution in [2.75, 3.05) is 25.0 Å². The fourth-order valence-electron chi connectivity index (χ4n) is 3.88. The molecule has 0 unspecified atom stereocenters. The summed E-state index contributed by atoms with van der Waals surface area (Å²) in [5, 5.41) is 4.50. The lowest BCUT2D eigenvalue weighted by Crippen LogP contribution is -2.44. The van der Waals surface area contributed by atoms with Crippen molar-refractivity contribution in [3.05, 3.63) is 59.6 Å². The van der Waals surface area contributed by atoms with Crippen LogP contribution in [0.15, 0.2) is 54.6 Å². The van der Waals surface area contributed by atoms with Gasteiger partial charge in [0.1, 0.15) is 0 Å². The van der Waals surface area contributed by atoms with Crippen LogP contribution in [0.5, 0.6) is 0 Å². The van der Waals surface area contributed by atoms with Gasteiger partial charge in [-0.1, -0.05) is 41.9 Å². The first kappa shape index (κ1) is 21.1. The molecule has 1 aliphatic heterocycles. The van der Waals surface area contributed by atoms with Gasteiger partial charge in [-0.25, -0.2) is 9.78 Å². The molecule has 2 amide bonds. The number of amides is 2. The molecular weight excluding hydrogens is 414 g/mol. The monoisotopic (exact) mass is 437 g/mol. The number of aromatic nitrogens is 1. The van der Waals surface area contributed by atoms with E-state index in [1.54, 1.807) is 11.8 Å². The molecule has 7 heteroatoms. The Bertz CT molecular complexity index is 1120. The summed E-state index contributed by atoms with van der Waals surface area (Å²) in [5.74, 6) is -0.520. The summed E-state index contributed by atoms with van der Waals surface area (Å²) in [6.45, 7) is 3.09. The van der Waals surface area contributed by atoms with Crippen LogP contribution in [0.2, 0.25) is 5.02 Å². The number of carbonyl (C=O) groups excluding carboxylic acids is 2. The molecule has 1 N–H and O–H groups in total. The molecule has 0 aliphatic carbocycles. The zero-order valence-corrected chi connectivity index (χ0v) is 18.1. The quantitative estimate of drug-likeness (QED) is 0.557. The van der Waals surface area contributed by atoms with Crippen LogP contribution in [-0.4, -0.2) is 41.6 Å². The second-order valence-corrected chi connectivity index (χ2v) is 7.99. The number of ether oxygens (including phenoxy) is 1. The van der Waals surface area contributed by atoms with Crippen molar-refractivity contribution in [3.8, 4) is 11.3 Å². The lowest BCUT2D eigenvalue weighted by molar-refractivity contribution is -0.149. The second kappa shape index (κ2) is 9.35. The number of nitrogens with one attached hydrogen (secondary N) is 1. The smallest absolute Gasteiger partial charge is 0.321 e. The van der Waals surface area contributed by atoms with Gasteiger partial charge in [0, 0.05) is 29.1 Å². The Hall–Kier alpha value is -3.12. The molecule has 1 saturated heterocycles. The van der Waals surface area contributed by atoms with Crippen molar-refractivity contribution in [3.63, 3.8) is 0 Å². The highest BCUT2D eigenvalue weighted by Crippen LogP contribution is 2.30. The number of piperidine rings is 1. The second-order valence-electron chi connectivity index (χ2n) is 7.55. The Morgan fingerprint density at radius 2 is 2.03 bits per heavy atom. The van der Waals surface area contributed by atoms with Crippen LogP contribution < -0.4 is 5.32 Å². The van der Waals surface area contributed by atoms with Crippen molar-refractivity contribution in [2.45, 2.75) is 19.8 Å². The molecule has 6 nitrogen and oxygen atoms in total.